The third-order valence-electron chi connectivity index (χ3n) is 5.82. The molecule has 0 saturated carbocycles. The number of carbonyl (C=O) groups is 3. The van der Waals surface area contributed by atoms with Crippen molar-refractivity contribution in [2.45, 2.75) is 90.2 Å². The molecule has 2 heterocycles. The molecule has 186 valence electrons. The summed E-state index contributed by atoms with van der Waals surface area (Å²) in [7, 11) is 1.44. The van der Waals surface area contributed by atoms with Gasteiger partial charge in [-0.1, -0.05) is 25.2 Å². The molecule has 33 heavy (non-hydrogen) atoms. The lowest BCUT2D eigenvalue weighted by Gasteiger charge is -2.33. The molecule has 1 unspecified atom stereocenters. The van der Waals surface area contributed by atoms with E-state index in [4.69, 9.17) is 23.7 Å². The van der Waals surface area contributed by atoms with Crippen LogP contribution in [0.2, 0.25) is 0 Å². The smallest absolute Gasteiger partial charge is 0.309 e. The van der Waals surface area contributed by atoms with Crippen molar-refractivity contribution in [3.63, 3.8) is 0 Å². The predicted octanol–water partition coefficient (Wildman–Crippen LogP) is 2.45. The second-order valence-electron chi connectivity index (χ2n) is 8.74. The summed E-state index contributed by atoms with van der Waals surface area (Å²) in [5, 5.41) is 10.2. The number of fused-ring (bicyclic) bond motifs is 1. The third kappa shape index (κ3) is 8.57. The van der Waals surface area contributed by atoms with Gasteiger partial charge in [-0.15, -0.1) is 0 Å². The van der Waals surface area contributed by atoms with Gasteiger partial charge in [0.2, 0.25) is 0 Å². The van der Waals surface area contributed by atoms with Gasteiger partial charge in [0, 0.05) is 33.8 Å². The van der Waals surface area contributed by atoms with E-state index in [-0.39, 0.29) is 24.2 Å². The zero-order valence-electron chi connectivity index (χ0n) is 20.0. The lowest BCUT2D eigenvalue weighted by molar-refractivity contribution is -0.181. The van der Waals surface area contributed by atoms with Crippen molar-refractivity contribution in [1.29, 1.82) is 0 Å². The standard InChI is InChI=1S/C24H36O9/c1-14-11-18-12-21(27)33-23(18)24(29-5)20(32-17(4)26)13-22(28)30-15(2)9-7-6-8-10-19(14)31-16(3)25/h6-8,10,14-15,18-21,23-24,27H,9,11-13H2,1-5H3/b7-6+,10-8+/t14-,15-,18-,19+,20-,21?,23+,24+/m1/s1. The van der Waals surface area contributed by atoms with E-state index in [9.17, 15) is 19.5 Å². The third-order valence-corrected chi connectivity index (χ3v) is 5.82. The minimum Gasteiger partial charge on any atom is -0.462 e. The Morgan fingerprint density at radius 2 is 1.79 bits per heavy atom. The van der Waals surface area contributed by atoms with Gasteiger partial charge >= 0.3 is 17.9 Å². The number of aliphatic hydroxyl groups excluding tert-OH is 1. The quantitative estimate of drug-likeness (QED) is 0.492. The number of carbonyl (C=O) groups excluding carboxylic acids is 3. The highest BCUT2D eigenvalue weighted by Crippen LogP contribution is 2.36. The average molecular weight is 469 g/mol. The lowest BCUT2D eigenvalue weighted by atomic mass is 9.84. The van der Waals surface area contributed by atoms with Crippen LogP contribution in [0.25, 0.3) is 0 Å². The summed E-state index contributed by atoms with van der Waals surface area (Å²) in [5.41, 5.74) is 0. The van der Waals surface area contributed by atoms with Crippen LogP contribution in [0.15, 0.2) is 24.3 Å². The topological polar surface area (TPSA) is 118 Å². The Kier molecular flexibility index (Phi) is 10.5. The molecule has 0 aromatic carbocycles. The SMILES string of the molecule is CO[C@@H]1[C@H]2OC(O)C[C@H]2C[C@@H](C)[C@@H](OC(C)=O)/C=C/C=C/C[C@@H](C)OC(=O)C[C@H]1OC(C)=O. The molecule has 2 rings (SSSR count). The minimum atomic E-state index is -1.03. The second kappa shape index (κ2) is 12.9. The summed E-state index contributed by atoms with van der Waals surface area (Å²) in [5.74, 6) is -1.77. The molecule has 8 atom stereocenters. The summed E-state index contributed by atoms with van der Waals surface area (Å²) in [6.45, 7) is 6.34. The van der Waals surface area contributed by atoms with Crippen LogP contribution in [-0.4, -0.2) is 66.9 Å². The molecule has 1 N–H and O–H groups in total. The molecule has 0 aromatic rings. The van der Waals surface area contributed by atoms with Crippen molar-refractivity contribution in [3.8, 4) is 0 Å². The molecule has 0 aromatic heterocycles. The van der Waals surface area contributed by atoms with Crippen LogP contribution in [-0.2, 0) is 38.1 Å². The van der Waals surface area contributed by atoms with Gasteiger partial charge in [0.1, 0.15) is 24.4 Å². The summed E-state index contributed by atoms with van der Waals surface area (Å²) < 4.78 is 27.8. The largest absolute Gasteiger partial charge is 0.462 e. The number of allylic oxidation sites excluding steroid dienone is 2. The zero-order valence-corrected chi connectivity index (χ0v) is 20.0. The van der Waals surface area contributed by atoms with Crippen molar-refractivity contribution in [3.05, 3.63) is 24.3 Å². The molecule has 0 spiro atoms. The van der Waals surface area contributed by atoms with Crippen molar-refractivity contribution >= 4 is 17.9 Å². The Morgan fingerprint density at radius 3 is 2.42 bits per heavy atom. The monoisotopic (exact) mass is 468 g/mol. The van der Waals surface area contributed by atoms with Gasteiger partial charge in [0.25, 0.3) is 0 Å². The molecule has 9 heteroatoms. The number of ether oxygens (including phenoxy) is 5. The fraction of sp³-hybridized carbons (Fsp3) is 0.708. The molecule has 2 aliphatic heterocycles. The Labute approximate surface area is 195 Å². The maximum Gasteiger partial charge on any atom is 0.309 e. The van der Waals surface area contributed by atoms with Crippen molar-refractivity contribution in [2.24, 2.45) is 11.8 Å². The average Bonchev–Trinajstić information content (AvgIpc) is 3.05. The molecule has 0 amide bonds. The fourth-order valence-corrected chi connectivity index (χ4v) is 4.41. The van der Waals surface area contributed by atoms with E-state index in [0.29, 0.717) is 19.3 Å². The first-order chi connectivity index (χ1) is 15.6. The van der Waals surface area contributed by atoms with Gasteiger partial charge in [0.05, 0.1) is 12.5 Å². The van der Waals surface area contributed by atoms with Gasteiger partial charge in [-0.25, -0.2) is 0 Å². The first-order valence-electron chi connectivity index (χ1n) is 11.3. The molecular formula is C24H36O9. The van der Waals surface area contributed by atoms with E-state index in [1.165, 1.54) is 21.0 Å². The summed E-state index contributed by atoms with van der Waals surface area (Å²) in [4.78, 5) is 36.0. The van der Waals surface area contributed by atoms with Crippen LogP contribution in [0.1, 0.15) is 53.4 Å². The minimum absolute atomic E-state index is 0.0959. The second-order valence-corrected chi connectivity index (χ2v) is 8.74. The fourth-order valence-electron chi connectivity index (χ4n) is 4.41. The first-order valence-corrected chi connectivity index (χ1v) is 11.3. The predicted molar refractivity (Wildman–Crippen MR) is 118 cm³/mol. The van der Waals surface area contributed by atoms with Crippen molar-refractivity contribution < 1.29 is 43.2 Å². The molecule has 9 nitrogen and oxygen atoms in total. The lowest BCUT2D eigenvalue weighted by Crippen LogP contribution is -2.46. The Balaban J connectivity index is 2.39. The van der Waals surface area contributed by atoms with E-state index < -0.39 is 48.7 Å². The summed E-state index contributed by atoms with van der Waals surface area (Å²) in [6, 6.07) is 0. The van der Waals surface area contributed by atoms with Crippen molar-refractivity contribution in [2.75, 3.05) is 7.11 Å². The van der Waals surface area contributed by atoms with Gasteiger partial charge in [0.15, 0.2) is 6.29 Å². The summed E-state index contributed by atoms with van der Waals surface area (Å²) >= 11 is 0. The zero-order chi connectivity index (χ0) is 24.5. The van der Waals surface area contributed by atoms with Crippen LogP contribution < -0.4 is 0 Å². The van der Waals surface area contributed by atoms with Crippen molar-refractivity contribution in [1.82, 2.24) is 0 Å². The number of hydrogen-bond acceptors (Lipinski definition) is 9. The number of methoxy groups -OCH3 is 1. The molecule has 0 bridgehead atoms. The van der Waals surface area contributed by atoms with E-state index in [0.717, 1.165) is 0 Å². The maximum atomic E-state index is 12.5. The highest BCUT2D eigenvalue weighted by Gasteiger charge is 2.45. The van der Waals surface area contributed by atoms with Crippen LogP contribution in [0.3, 0.4) is 0 Å². The van der Waals surface area contributed by atoms with E-state index in [2.05, 4.69) is 0 Å². The maximum absolute atomic E-state index is 12.5. The number of aliphatic hydroxyl groups is 1. The number of cyclic esters (lactones) is 1. The van der Waals surface area contributed by atoms with Crippen LogP contribution in [0.4, 0.5) is 0 Å². The van der Waals surface area contributed by atoms with E-state index in [1.54, 1.807) is 13.0 Å². The summed E-state index contributed by atoms with van der Waals surface area (Å²) in [6.07, 6.45) is 4.14. The Morgan fingerprint density at radius 1 is 1.09 bits per heavy atom. The van der Waals surface area contributed by atoms with Gasteiger partial charge in [-0.2, -0.15) is 0 Å². The van der Waals surface area contributed by atoms with E-state index >= 15 is 0 Å². The number of hydrogen-bond donors (Lipinski definition) is 1. The van der Waals surface area contributed by atoms with Gasteiger partial charge < -0.3 is 28.8 Å². The normalized spacial score (nSPS) is 37.9. The number of esters is 3. The van der Waals surface area contributed by atoms with E-state index in [1.807, 2.05) is 25.2 Å². The van der Waals surface area contributed by atoms with Crippen LogP contribution in [0, 0.1) is 11.8 Å². The molecule has 0 radical (unpaired) electrons. The highest BCUT2D eigenvalue weighted by atomic mass is 16.6. The molecule has 0 aliphatic carbocycles. The molecule has 1 saturated heterocycles. The van der Waals surface area contributed by atoms with Gasteiger partial charge in [-0.05, 0) is 31.3 Å². The highest BCUT2D eigenvalue weighted by molar-refractivity contribution is 5.72. The van der Waals surface area contributed by atoms with Crippen LogP contribution in [0.5, 0.6) is 0 Å². The Bertz CT molecular complexity index is 731. The number of rotatable bonds is 3. The molecule has 1 fully saturated rings. The van der Waals surface area contributed by atoms with Crippen LogP contribution >= 0.6 is 0 Å². The van der Waals surface area contributed by atoms with Gasteiger partial charge in [-0.3, -0.25) is 14.4 Å². The Hall–Kier alpha value is -2.23. The molecular weight excluding hydrogens is 432 g/mol. The first kappa shape index (κ1) is 27.0. The molecule has 2 aliphatic rings.